The highest BCUT2D eigenvalue weighted by Gasteiger charge is 2.12. The molecule has 0 aliphatic rings. The van der Waals surface area contributed by atoms with Crippen LogP contribution in [0.1, 0.15) is 33.6 Å². The van der Waals surface area contributed by atoms with Crippen LogP contribution in [0.4, 0.5) is 0 Å². The predicted octanol–water partition coefficient (Wildman–Crippen LogP) is 0.508. The van der Waals surface area contributed by atoms with Crippen molar-refractivity contribution in [1.82, 2.24) is 5.32 Å². The van der Waals surface area contributed by atoms with E-state index < -0.39 is 5.60 Å². The lowest BCUT2D eigenvalue weighted by atomic mass is 10.1. The fourth-order valence-corrected chi connectivity index (χ4v) is 0.980. The number of nitrogens with one attached hydrogen (secondary N) is 1. The van der Waals surface area contributed by atoms with E-state index in [4.69, 9.17) is 0 Å². The van der Waals surface area contributed by atoms with Crippen LogP contribution in [0.5, 0.6) is 0 Å². The first-order chi connectivity index (χ1) is 5.45. The summed E-state index contributed by atoms with van der Waals surface area (Å²) in [4.78, 5) is 0. The molecule has 0 rings (SSSR count). The third kappa shape index (κ3) is 7.98. The summed E-state index contributed by atoms with van der Waals surface area (Å²) in [5.41, 5.74) is -0.689. The predicted molar refractivity (Wildman–Crippen MR) is 50.1 cm³/mol. The van der Waals surface area contributed by atoms with E-state index in [9.17, 15) is 10.2 Å². The molecule has 0 aromatic carbocycles. The summed E-state index contributed by atoms with van der Waals surface area (Å²) in [7, 11) is 0. The highest BCUT2D eigenvalue weighted by molar-refractivity contribution is 4.69. The average molecular weight is 175 g/mol. The Morgan fingerprint density at radius 1 is 1.42 bits per heavy atom. The molecular formula is C9H21NO2. The van der Waals surface area contributed by atoms with Gasteiger partial charge >= 0.3 is 0 Å². The molecule has 0 saturated heterocycles. The molecule has 0 aromatic heterocycles. The van der Waals surface area contributed by atoms with E-state index in [-0.39, 0.29) is 6.10 Å². The topological polar surface area (TPSA) is 52.5 Å². The lowest BCUT2D eigenvalue weighted by molar-refractivity contribution is 0.0732. The molecule has 0 aliphatic heterocycles. The molecule has 0 radical (unpaired) electrons. The van der Waals surface area contributed by atoms with Crippen LogP contribution < -0.4 is 5.32 Å². The minimum absolute atomic E-state index is 0.280. The second kappa shape index (κ2) is 5.51. The molecule has 3 N–H and O–H groups in total. The Kier molecular flexibility index (Phi) is 5.46. The fourth-order valence-electron chi connectivity index (χ4n) is 0.980. The number of aliphatic hydroxyl groups excluding tert-OH is 1. The second-order valence-electron chi connectivity index (χ2n) is 3.89. The Hall–Kier alpha value is -0.120. The number of rotatable bonds is 6. The zero-order valence-corrected chi connectivity index (χ0v) is 8.30. The van der Waals surface area contributed by atoms with Gasteiger partial charge in [-0.05, 0) is 20.3 Å². The van der Waals surface area contributed by atoms with Crippen molar-refractivity contribution in [2.45, 2.75) is 45.3 Å². The average Bonchev–Trinajstić information content (AvgIpc) is 1.84. The van der Waals surface area contributed by atoms with Gasteiger partial charge in [-0.3, -0.25) is 0 Å². The maximum absolute atomic E-state index is 9.32. The van der Waals surface area contributed by atoms with Crippen molar-refractivity contribution in [3.8, 4) is 0 Å². The second-order valence-corrected chi connectivity index (χ2v) is 3.89. The van der Waals surface area contributed by atoms with Crippen molar-refractivity contribution in [2.24, 2.45) is 0 Å². The van der Waals surface area contributed by atoms with Crippen LogP contribution in [0.3, 0.4) is 0 Å². The van der Waals surface area contributed by atoms with Crippen molar-refractivity contribution in [1.29, 1.82) is 0 Å². The molecular weight excluding hydrogens is 154 g/mol. The lowest BCUT2D eigenvalue weighted by Gasteiger charge is -2.19. The van der Waals surface area contributed by atoms with Gasteiger partial charge < -0.3 is 15.5 Å². The molecule has 0 saturated carbocycles. The van der Waals surface area contributed by atoms with Crippen LogP contribution in [0.2, 0.25) is 0 Å². The van der Waals surface area contributed by atoms with Gasteiger partial charge in [0.15, 0.2) is 0 Å². The van der Waals surface area contributed by atoms with Gasteiger partial charge in [0, 0.05) is 13.1 Å². The molecule has 0 spiro atoms. The third-order valence-electron chi connectivity index (χ3n) is 1.56. The van der Waals surface area contributed by atoms with Crippen LogP contribution in [0.25, 0.3) is 0 Å². The number of hydrogen-bond acceptors (Lipinski definition) is 3. The summed E-state index contributed by atoms with van der Waals surface area (Å²) >= 11 is 0. The summed E-state index contributed by atoms with van der Waals surface area (Å²) in [5.74, 6) is 0. The van der Waals surface area contributed by atoms with Gasteiger partial charge in [-0.1, -0.05) is 13.3 Å². The van der Waals surface area contributed by atoms with Crippen LogP contribution in [0.15, 0.2) is 0 Å². The summed E-state index contributed by atoms with van der Waals surface area (Å²) in [5, 5.41) is 21.6. The van der Waals surface area contributed by atoms with Crippen molar-refractivity contribution >= 4 is 0 Å². The monoisotopic (exact) mass is 175 g/mol. The third-order valence-corrected chi connectivity index (χ3v) is 1.56. The molecule has 3 nitrogen and oxygen atoms in total. The van der Waals surface area contributed by atoms with Gasteiger partial charge in [0.25, 0.3) is 0 Å². The highest BCUT2D eigenvalue weighted by atomic mass is 16.3. The van der Waals surface area contributed by atoms with E-state index in [1.807, 2.05) is 6.92 Å². The maximum Gasteiger partial charge on any atom is 0.0715 e. The summed E-state index contributed by atoms with van der Waals surface area (Å²) in [6.07, 6.45) is 1.53. The van der Waals surface area contributed by atoms with Gasteiger partial charge in [0.1, 0.15) is 0 Å². The van der Waals surface area contributed by atoms with Gasteiger partial charge in [0.2, 0.25) is 0 Å². The van der Waals surface area contributed by atoms with E-state index in [1.54, 1.807) is 13.8 Å². The Morgan fingerprint density at radius 3 is 2.42 bits per heavy atom. The van der Waals surface area contributed by atoms with Gasteiger partial charge in [-0.2, -0.15) is 0 Å². The van der Waals surface area contributed by atoms with Crippen LogP contribution >= 0.6 is 0 Å². The standard InChI is InChI=1S/C9H21NO2/c1-4-5-8(11)6-10-7-9(2,3)12/h8,10-12H,4-7H2,1-3H3. The molecule has 0 fully saturated rings. The minimum Gasteiger partial charge on any atom is -0.392 e. The largest absolute Gasteiger partial charge is 0.392 e. The quantitative estimate of drug-likeness (QED) is 0.551. The molecule has 0 aromatic rings. The first kappa shape index (κ1) is 11.9. The highest BCUT2D eigenvalue weighted by Crippen LogP contribution is 1.98. The molecule has 12 heavy (non-hydrogen) atoms. The summed E-state index contributed by atoms with van der Waals surface area (Å²) in [6.45, 7) is 6.61. The van der Waals surface area contributed by atoms with E-state index in [2.05, 4.69) is 5.32 Å². The summed E-state index contributed by atoms with van der Waals surface area (Å²) in [6, 6.07) is 0. The first-order valence-corrected chi connectivity index (χ1v) is 4.57. The molecule has 1 unspecified atom stereocenters. The van der Waals surface area contributed by atoms with Crippen molar-refractivity contribution in [3.63, 3.8) is 0 Å². The van der Waals surface area contributed by atoms with E-state index in [0.717, 1.165) is 12.8 Å². The molecule has 0 aliphatic carbocycles. The summed E-state index contributed by atoms with van der Waals surface area (Å²) < 4.78 is 0. The van der Waals surface area contributed by atoms with E-state index in [1.165, 1.54) is 0 Å². The van der Waals surface area contributed by atoms with Crippen molar-refractivity contribution in [2.75, 3.05) is 13.1 Å². The SMILES string of the molecule is CCCC(O)CNCC(C)(C)O. The normalized spacial score (nSPS) is 14.8. The smallest absolute Gasteiger partial charge is 0.0715 e. The Bertz CT molecular complexity index is 110. The van der Waals surface area contributed by atoms with Gasteiger partial charge in [0.05, 0.1) is 11.7 Å². The Balaban J connectivity index is 3.31. The van der Waals surface area contributed by atoms with Crippen molar-refractivity contribution in [3.05, 3.63) is 0 Å². The van der Waals surface area contributed by atoms with Gasteiger partial charge in [-0.15, -0.1) is 0 Å². The molecule has 0 amide bonds. The molecule has 74 valence electrons. The maximum atomic E-state index is 9.32. The van der Waals surface area contributed by atoms with Crippen LogP contribution in [-0.4, -0.2) is 35.0 Å². The van der Waals surface area contributed by atoms with E-state index >= 15 is 0 Å². The Morgan fingerprint density at radius 2 is 2.00 bits per heavy atom. The molecule has 0 heterocycles. The van der Waals surface area contributed by atoms with Gasteiger partial charge in [-0.25, -0.2) is 0 Å². The molecule has 0 bridgehead atoms. The minimum atomic E-state index is -0.689. The zero-order valence-electron chi connectivity index (χ0n) is 8.30. The van der Waals surface area contributed by atoms with Crippen LogP contribution in [0, 0.1) is 0 Å². The molecule has 1 atom stereocenters. The lowest BCUT2D eigenvalue weighted by Crippen LogP contribution is -2.38. The zero-order chi connectivity index (χ0) is 9.61. The van der Waals surface area contributed by atoms with Crippen molar-refractivity contribution < 1.29 is 10.2 Å². The first-order valence-electron chi connectivity index (χ1n) is 4.57. The molecule has 3 heteroatoms. The van der Waals surface area contributed by atoms with E-state index in [0.29, 0.717) is 13.1 Å². The number of aliphatic hydroxyl groups is 2. The van der Waals surface area contributed by atoms with Crippen LogP contribution in [-0.2, 0) is 0 Å². The fraction of sp³-hybridized carbons (Fsp3) is 1.00. The number of hydrogen-bond donors (Lipinski definition) is 3. The Labute approximate surface area is 74.8 Å².